The molecule has 1 N–H and O–H groups in total. The molecule has 1 atom stereocenters. The third-order valence-electron chi connectivity index (χ3n) is 5.00. The van der Waals surface area contributed by atoms with E-state index in [4.69, 9.17) is 16.7 Å². The summed E-state index contributed by atoms with van der Waals surface area (Å²) in [6.45, 7) is 2.69. The van der Waals surface area contributed by atoms with E-state index in [2.05, 4.69) is 24.4 Å². The molecule has 0 radical (unpaired) electrons. The second kappa shape index (κ2) is 7.57. The molecular weight excluding hydrogens is 358 g/mol. The van der Waals surface area contributed by atoms with Gasteiger partial charge in [-0.2, -0.15) is 5.10 Å². The van der Waals surface area contributed by atoms with Gasteiger partial charge in [0.2, 0.25) is 0 Å². The average Bonchev–Trinajstić information content (AvgIpc) is 3.44. The molecule has 1 aromatic heterocycles. The van der Waals surface area contributed by atoms with E-state index in [0.29, 0.717) is 28.7 Å². The van der Waals surface area contributed by atoms with Crippen LogP contribution in [-0.4, -0.2) is 21.7 Å². The number of carbonyl (C=O) groups is 1. The molecule has 138 valence electrons. The third kappa shape index (κ3) is 4.22. The molecule has 1 heterocycles. The van der Waals surface area contributed by atoms with Crippen LogP contribution in [0.3, 0.4) is 0 Å². The van der Waals surface area contributed by atoms with E-state index in [-0.39, 0.29) is 11.9 Å². The summed E-state index contributed by atoms with van der Waals surface area (Å²) in [4.78, 5) is 12.9. The summed E-state index contributed by atoms with van der Waals surface area (Å²) in [6.07, 6.45) is 4.23. The smallest absolute Gasteiger partial charge is 0.255 e. The molecule has 4 nitrogen and oxygen atoms in total. The minimum Gasteiger partial charge on any atom is -0.349 e. The van der Waals surface area contributed by atoms with E-state index in [9.17, 15) is 4.79 Å². The van der Waals surface area contributed by atoms with E-state index in [0.717, 1.165) is 11.1 Å². The molecule has 1 aliphatic carbocycles. The van der Waals surface area contributed by atoms with Crippen LogP contribution >= 0.6 is 11.6 Å². The number of carbonyl (C=O) groups excluding carboxylic acids is 1. The second-order valence-corrected chi connectivity index (χ2v) is 7.62. The van der Waals surface area contributed by atoms with E-state index >= 15 is 0 Å². The fourth-order valence-corrected chi connectivity index (χ4v) is 3.38. The van der Waals surface area contributed by atoms with Crippen LogP contribution in [0.4, 0.5) is 0 Å². The first-order chi connectivity index (χ1) is 13.1. The summed E-state index contributed by atoms with van der Waals surface area (Å²) in [6, 6.07) is 17.7. The Kier molecular flexibility index (Phi) is 4.99. The van der Waals surface area contributed by atoms with Gasteiger partial charge < -0.3 is 5.32 Å². The fourth-order valence-electron chi connectivity index (χ4n) is 3.26. The molecule has 0 aliphatic heterocycles. The molecule has 1 aliphatic rings. The summed E-state index contributed by atoms with van der Waals surface area (Å²) >= 11 is 6.02. The van der Waals surface area contributed by atoms with Crippen molar-refractivity contribution in [1.29, 1.82) is 0 Å². The molecule has 1 fully saturated rings. The molecule has 2 aromatic carbocycles. The monoisotopic (exact) mass is 379 g/mol. The van der Waals surface area contributed by atoms with Crippen molar-refractivity contribution in [3.63, 3.8) is 0 Å². The quantitative estimate of drug-likeness (QED) is 0.670. The number of aromatic nitrogens is 2. The second-order valence-electron chi connectivity index (χ2n) is 7.18. The van der Waals surface area contributed by atoms with Crippen molar-refractivity contribution >= 4 is 17.5 Å². The maximum atomic E-state index is 12.9. The highest BCUT2D eigenvalue weighted by Gasteiger charge is 2.30. The van der Waals surface area contributed by atoms with E-state index in [1.54, 1.807) is 0 Å². The van der Waals surface area contributed by atoms with Crippen molar-refractivity contribution in [3.05, 3.63) is 76.9 Å². The fraction of sp³-hybridized carbons (Fsp3) is 0.273. The van der Waals surface area contributed by atoms with Gasteiger partial charge in [-0.15, -0.1) is 0 Å². The SMILES string of the molecule is CC(NC(=O)c1cn(Cc2ccccc2)nc1-c1ccc(Cl)cc1)C1CC1. The molecule has 27 heavy (non-hydrogen) atoms. The summed E-state index contributed by atoms with van der Waals surface area (Å²) in [5, 5.41) is 8.51. The van der Waals surface area contributed by atoms with Gasteiger partial charge in [0.05, 0.1) is 12.1 Å². The third-order valence-corrected chi connectivity index (χ3v) is 5.25. The summed E-state index contributed by atoms with van der Waals surface area (Å²) in [7, 11) is 0. The van der Waals surface area contributed by atoms with Crippen LogP contribution < -0.4 is 5.32 Å². The van der Waals surface area contributed by atoms with Crippen molar-refractivity contribution in [3.8, 4) is 11.3 Å². The number of halogens is 1. The van der Waals surface area contributed by atoms with Gasteiger partial charge in [-0.1, -0.05) is 54.1 Å². The van der Waals surface area contributed by atoms with Gasteiger partial charge in [0, 0.05) is 22.8 Å². The number of benzene rings is 2. The van der Waals surface area contributed by atoms with Crippen molar-refractivity contribution in [1.82, 2.24) is 15.1 Å². The van der Waals surface area contributed by atoms with Gasteiger partial charge in [0.1, 0.15) is 5.69 Å². The molecule has 0 saturated heterocycles. The van der Waals surface area contributed by atoms with E-state index in [1.807, 2.05) is 53.3 Å². The molecule has 5 heteroatoms. The summed E-state index contributed by atoms with van der Waals surface area (Å²) < 4.78 is 1.83. The largest absolute Gasteiger partial charge is 0.349 e. The molecule has 4 rings (SSSR count). The van der Waals surface area contributed by atoms with Crippen LogP contribution in [0.2, 0.25) is 5.02 Å². The van der Waals surface area contributed by atoms with Gasteiger partial charge in [-0.05, 0) is 43.4 Å². The maximum absolute atomic E-state index is 12.9. The molecule has 3 aromatic rings. The Balaban J connectivity index is 1.66. The van der Waals surface area contributed by atoms with Crippen LogP contribution in [0, 0.1) is 5.92 Å². The maximum Gasteiger partial charge on any atom is 0.255 e. The average molecular weight is 380 g/mol. The Bertz CT molecular complexity index is 930. The molecular formula is C22H22ClN3O. The number of nitrogens with one attached hydrogen (secondary N) is 1. The van der Waals surface area contributed by atoms with Crippen molar-refractivity contribution in [2.45, 2.75) is 32.4 Å². The molecule has 0 bridgehead atoms. The highest BCUT2D eigenvalue weighted by Crippen LogP contribution is 2.32. The lowest BCUT2D eigenvalue weighted by molar-refractivity contribution is 0.0936. The lowest BCUT2D eigenvalue weighted by atomic mass is 10.1. The zero-order chi connectivity index (χ0) is 18.8. The highest BCUT2D eigenvalue weighted by molar-refractivity contribution is 6.30. The first-order valence-corrected chi connectivity index (χ1v) is 9.66. The predicted molar refractivity (Wildman–Crippen MR) is 108 cm³/mol. The Hall–Kier alpha value is -2.59. The normalized spacial score (nSPS) is 14.7. The Morgan fingerprint density at radius 1 is 1.19 bits per heavy atom. The zero-order valence-corrected chi connectivity index (χ0v) is 16.0. The lowest BCUT2D eigenvalue weighted by Crippen LogP contribution is -2.34. The minimum atomic E-state index is -0.0707. The number of rotatable bonds is 6. The summed E-state index contributed by atoms with van der Waals surface area (Å²) in [5.41, 5.74) is 3.31. The Labute approximate surface area is 164 Å². The van der Waals surface area contributed by atoms with Crippen molar-refractivity contribution in [2.75, 3.05) is 0 Å². The van der Waals surface area contributed by atoms with Gasteiger partial charge in [-0.3, -0.25) is 9.48 Å². The minimum absolute atomic E-state index is 0.0707. The van der Waals surface area contributed by atoms with Crippen LogP contribution in [0.15, 0.2) is 60.8 Å². The molecule has 1 saturated carbocycles. The van der Waals surface area contributed by atoms with Gasteiger partial charge >= 0.3 is 0 Å². The molecule has 0 spiro atoms. The standard InChI is InChI=1S/C22H22ClN3O/c1-15(17-7-8-17)24-22(27)20-14-26(13-16-5-3-2-4-6-16)25-21(20)18-9-11-19(23)12-10-18/h2-6,9-12,14-15,17H,7-8,13H2,1H3,(H,24,27). The zero-order valence-electron chi connectivity index (χ0n) is 15.2. The number of amides is 1. The summed E-state index contributed by atoms with van der Waals surface area (Å²) in [5.74, 6) is 0.533. The Morgan fingerprint density at radius 3 is 2.56 bits per heavy atom. The lowest BCUT2D eigenvalue weighted by Gasteiger charge is -2.12. The van der Waals surface area contributed by atoms with Crippen LogP contribution in [0.25, 0.3) is 11.3 Å². The van der Waals surface area contributed by atoms with E-state index in [1.165, 1.54) is 12.8 Å². The first-order valence-electron chi connectivity index (χ1n) is 9.28. The van der Waals surface area contributed by atoms with Crippen molar-refractivity contribution in [2.24, 2.45) is 5.92 Å². The van der Waals surface area contributed by atoms with Crippen LogP contribution in [0.5, 0.6) is 0 Å². The number of hydrogen-bond acceptors (Lipinski definition) is 2. The Morgan fingerprint density at radius 2 is 1.89 bits per heavy atom. The van der Waals surface area contributed by atoms with Gasteiger partial charge in [0.15, 0.2) is 0 Å². The predicted octanol–water partition coefficient (Wildman–Crippen LogP) is 4.78. The van der Waals surface area contributed by atoms with E-state index < -0.39 is 0 Å². The van der Waals surface area contributed by atoms with Crippen LogP contribution in [0.1, 0.15) is 35.7 Å². The number of nitrogens with zero attached hydrogens (tertiary/aromatic N) is 2. The van der Waals surface area contributed by atoms with Gasteiger partial charge in [0.25, 0.3) is 5.91 Å². The number of hydrogen-bond donors (Lipinski definition) is 1. The highest BCUT2D eigenvalue weighted by atomic mass is 35.5. The van der Waals surface area contributed by atoms with Crippen molar-refractivity contribution < 1.29 is 4.79 Å². The molecule has 1 amide bonds. The molecule has 1 unspecified atom stereocenters. The topological polar surface area (TPSA) is 46.9 Å². The van der Waals surface area contributed by atoms with Crippen LogP contribution in [-0.2, 0) is 6.54 Å². The van der Waals surface area contributed by atoms with Gasteiger partial charge in [-0.25, -0.2) is 0 Å². The first kappa shape index (κ1) is 17.8.